The Hall–Kier alpha value is -1.27. The molecule has 0 aliphatic heterocycles. The molecule has 0 spiro atoms. The lowest BCUT2D eigenvalue weighted by Gasteiger charge is -2.36. The fourth-order valence-corrected chi connectivity index (χ4v) is 2.58. The quantitative estimate of drug-likeness (QED) is 0.850. The van der Waals surface area contributed by atoms with Gasteiger partial charge in [0.25, 0.3) is 0 Å². The number of rotatable bonds is 2. The molecule has 3 atom stereocenters. The van der Waals surface area contributed by atoms with E-state index in [1.54, 1.807) is 0 Å². The average molecular weight is 295 g/mol. The van der Waals surface area contributed by atoms with Gasteiger partial charge in [-0.1, -0.05) is 27.2 Å². The Morgan fingerprint density at radius 1 is 1.25 bits per heavy atom. The van der Waals surface area contributed by atoms with Crippen LogP contribution in [0.4, 0.5) is 18.0 Å². The molecule has 116 valence electrons. The van der Waals surface area contributed by atoms with E-state index in [4.69, 9.17) is 4.74 Å². The van der Waals surface area contributed by atoms with Crippen molar-refractivity contribution in [3.8, 4) is 0 Å². The third-order valence-electron chi connectivity index (χ3n) is 3.69. The first kappa shape index (κ1) is 16.8. The Kier molecular flexibility index (Phi) is 5.42. The maximum Gasteiger partial charge on any atom is 0.471 e. The largest absolute Gasteiger partial charge is 0.471 e. The van der Waals surface area contributed by atoms with Gasteiger partial charge in [-0.25, -0.2) is 4.79 Å². The van der Waals surface area contributed by atoms with Crippen molar-refractivity contribution in [1.29, 1.82) is 0 Å². The van der Waals surface area contributed by atoms with E-state index < -0.39 is 24.3 Å². The van der Waals surface area contributed by atoms with Gasteiger partial charge in [0, 0.05) is 0 Å². The van der Waals surface area contributed by atoms with Crippen LogP contribution in [-0.4, -0.2) is 24.3 Å². The lowest BCUT2D eigenvalue weighted by Crippen LogP contribution is -2.44. The molecule has 0 aromatic carbocycles. The number of hydrogen-bond acceptors (Lipinski definition) is 3. The van der Waals surface area contributed by atoms with Crippen molar-refractivity contribution in [2.24, 2.45) is 17.8 Å². The standard InChI is InChI=1S/C13H20F3NO3/c1-7(2)9-5-4-8(3)6-10(9)20-12(19)17-11(18)13(14,15)16/h7-10H,4-6H2,1-3H3,(H,17,18,19)/t8-,9+,10-/m1/s1. The lowest BCUT2D eigenvalue weighted by atomic mass is 9.75. The molecule has 7 heteroatoms. The molecule has 0 aromatic heterocycles. The summed E-state index contributed by atoms with van der Waals surface area (Å²) in [6.45, 7) is 5.97. The molecule has 1 N–H and O–H groups in total. The topological polar surface area (TPSA) is 55.4 Å². The number of ether oxygens (including phenoxy) is 1. The molecule has 1 aliphatic carbocycles. The van der Waals surface area contributed by atoms with E-state index in [0.717, 1.165) is 12.8 Å². The SMILES string of the molecule is CC(C)[C@@H]1CC[C@@H](C)C[C@H]1OC(=O)NC(=O)C(F)(F)F. The molecular weight excluding hydrogens is 275 g/mol. The minimum atomic E-state index is -5.09. The van der Waals surface area contributed by atoms with Gasteiger partial charge in [0.15, 0.2) is 0 Å². The van der Waals surface area contributed by atoms with Crippen LogP contribution in [0.1, 0.15) is 40.0 Å². The van der Waals surface area contributed by atoms with Gasteiger partial charge in [-0.15, -0.1) is 0 Å². The molecule has 4 nitrogen and oxygen atoms in total. The van der Waals surface area contributed by atoms with Crippen molar-refractivity contribution < 1.29 is 27.5 Å². The van der Waals surface area contributed by atoms with Crippen molar-refractivity contribution in [1.82, 2.24) is 5.32 Å². The summed E-state index contributed by atoms with van der Waals surface area (Å²) in [5.74, 6) is -1.58. The normalized spacial score (nSPS) is 27.2. The summed E-state index contributed by atoms with van der Waals surface area (Å²) in [5.41, 5.74) is 0. The summed E-state index contributed by atoms with van der Waals surface area (Å²) < 4.78 is 41.1. The second-order valence-electron chi connectivity index (χ2n) is 5.72. The summed E-state index contributed by atoms with van der Waals surface area (Å²) >= 11 is 0. The number of carbonyl (C=O) groups is 2. The van der Waals surface area contributed by atoms with Crippen molar-refractivity contribution in [3.05, 3.63) is 0 Å². The number of nitrogens with one attached hydrogen (secondary N) is 1. The highest BCUT2D eigenvalue weighted by Crippen LogP contribution is 2.35. The Bertz CT molecular complexity index is 368. The van der Waals surface area contributed by atoms with Crippen LogP contribution in [0.5, 0.6) is 0 Å². The van der Waals surface area contributed by atoms with Crippen LogP contribution in [-0.2, 0) is 9.53 Å². The highest BCUT2D eigenvalue weighted by molar-refractivity contribution is 5.94. The molecule has 0 aromatic rings. The predicted molar refractivity (Wildman–Crippen MR) is 65.8 cm³/mol. The molecule has 20 heavy (non-hydrogen) atoms. The van der Waals surface area contributed by atoms with Crippen molar-refractivity contribution in [2.75, 3.05) is 0 Å². The number of amides is 2. The Balaban J connectivity index is 2.60. The van der Waals surface area contributed by atoms with Crippen LogP contribution in [0.15, 0.2) is 0 Å². The molecule has 1 saturated carbocycles. The van der Waals surface area contributed by atoms with Gasteiger partial charge in [0.05, 0.1) is 0 Å². The maximum absolute atomic E-state index is 12.0. The summed E-state index contributed by atoms with van der Waals surface area (Å²) in [5, 5.41) is 1.22. The summed E-state index contributed by atoms with van der Waals surface area (Å²) in [6.07, 6.45) is -4.38. The smallest absolute Gasteiger partial charge is 0.446 e. The van der Waals surface area contributed by atoms with Gasteiger partial charge in [-0.3, -0.25) is 10.1 Å². The van der Waals surface area contributed by atoms with Crippen LogP contribution < -0.4 is 5.32 Å². The Morgan fingerprint density at radius 2 is 1.85 bits per heavy atom. The number of halogens is 3. The second-order valence-corrected chi connectivity index (χ2v) is 5.72. The molecule has 0 heterocycles. The van der Waals surface area contributed by atoms with E-state index in [0.29, 0.717) is 12.3 Å². The van der Waals surface area contributed by atoms with E-state index in [2.05, 4.69) is 0 Å². The summed E-state index contributed by atoms with van der Waals surface area (Å²) in [6, 6.07) is 0. The van der Waals surface area contributed by atoms with Crippen LogP contribution in [0, 0.1) is 17.8 Å². The van der Waals surface area contributed by atoms with Crippen molar-refractivity contribution >= 4 is 12.0 Å². The minimum Gasteiger partial charge on any atom is -0.446 e. The molecule has 0 bridgehead atoms. The summed E-state index contributed by atoms with van der Waals surface area (Å²) in [7, 11) is 0. The van der Waals surface area contributed by atoms with Crippen LogP contribution in [0.2, 0.25) is 0 Å². The Labute approximate surface area is 116 Å². The number of hydrogen-bond donors (Lipinski definition) is 1. The highest BCUT2D eigenvalue weighted by atomic mass is 19.4. The monoisotopic (exact) mass is 295 g/mol. The molecule has 0 saturated heterocycles. The first-order valence-electron chi connectivity index (χ1n) is 6.70. The number of alkyl carbamates (subject to hydrolysis) is 1. The first-order chi connectivity index (χ1) is 9.11. The first-order valence-corrected chi connectivity index (χ1v) is 6.70. The molecule has 2 amide bonds. The van der Waals surface area contributed by atoms with Crippen LogP contribution in [0.3, 0.4) is 0 Å². The molecule has 0 radical (unpaired) electrons. The zero-order chi connectivity index (χ0) is 15.5. The minimum absolute atomic E-state index is 0.109. The third kappa shape index (κ3) is 4.68. The lowest BCUT2D eigenvalue weighted by molar-refractivity contribution is -0.173. The van der Waals surface area contributed by atoms with E-state index >= 15 is 0 Å². The van der Waals surface area contributed by atoms with Gasteiger partial charge in [-0.05, 0) is 30.6 Å². The highest BCUT2D eigenvalue weighted by Gasteiger charge is 2.41. The Morgan fingerprint density at radius 3 is 2.35 bits per heavy atom. The van der Waals surface area contributed by atoms with Gasteiger partial charge >= 0.3 is 18.2 Å². The zero-order valence-corrected chi connectivity index (χ0v) is 11.8. The van der Waals surface area contributed by atoms with Gasteiger partial charge in [0.2, 0.25) is 0 Å². The molecule has 1 aliphatic rings. The molecular formula is C13H20F3NO3. The predicted octanol–water partition coefficient (Wildman–Crippen LogP) is 3.26. The maximum atomic E-state index is 12.0. The number of carbonyl (C=O) groups excluding carboxylic acids is 2. The van der Waals surface area contributed by atoms with Crippen LogP contribution >= 0.6 is 0 Å². The van der Waals surface area contributed by atoms with E-state index in [-0.39, 0.29) is 11.8 Å². The molecule has 1 rings (SSSR count). The van der Waals surface area contributed by atoms with Gasteiger partial charge in [0.1, 0.15) is 6.10 Å². The molecule has 0 unspecified atom stereocenters. The van der Waals surface area contributed by atoms with Gasteiger partial charge in [-0.2, -0.15) is 13.2 Å². The van der Waals surface area contributed by atoms with Crippen molar-refractivity contribution in [3.63, 3.8) is 0 Å². The van der Waals surface area contributed by atoms with E-state index in [1.807, 2.05) is 20.8 Å². The average Bonchev–Trinajstić information content (AvgIpc) is 2.26. The molecule has 1 fully saturated rings. The number of alkyl halides is 3. The van der Waals surface area contributed by atoms with Crippen LogP contribution in [0.25, 0.3) is 0 Å². The summed E-state index contributed by atoms with van der Waals surface area (Å²) in [4.78, 5) is 22.0. The fraction of sp³-hybridized carbons (Fsp3) is 0.846. The zero-order valence-electron chi connectivity index (χ0n) is 11.8. The van der Waals surface area contributed by atoms with E-state index in [9.17, 15) is 22.8 Å². The van der Waals surface area contributed by atoms with Crippen molar-refractivity contribution in [2.45, 2.75) is 52.3 Å². The second kappa shape index (κ2) is 6.45. The van der Waals surface area contributed by atoms with Gasteiger partial charge < -0.3 is 4.74 Å². The fourth-order valence-electron chi connectivity index (χ4n) is 2.58. The number of imide groups is 1. The third-order valence-corrected chi connectivity index (χ3v) is 3.69. The van der Waals surface area contributed by atoms with E-state index in [1.165, 1.54) is 5.32 Å².